The van der Waals surface area contributed by atoms with Crippen molar-refractivity contribution in [2.75, 3.05) is 6.61 Å². The van der Waals surface area contributed by atoms with Gasteiger partial charge in [0.05, 0.1) is 12.7 Å². The number of benzene rings is 2. The maximum absolute atomic E-state index is 12.3. The summed E-state index contributed by atoms with van der Waals surface area (Å²) in [4.78, 5) is 24.5. The van der Waals surface area contributed by atoms with Crippen LogP contribution in [0.5, 0.6) is 11.5 Å². The molecule has 2 N–H and O–H groups in total. The van der Waals surface area contributed by atoms with Gasteiger partial charge in [0, 0.05) is 11.1 Å². The van der Waals surface area contributed by atoms with Crippen molar-refractivity contribution >= 4 is 11.8 Å². The van der Waals surface area contributed by atoms with E-state index in [9.17, 15) is 9.59 Å². The van der Waals surface area contributed by atoms with Gasteiger partial charge in [0.2, 0.25) is 0 Å². The number of carbonyl (C=O) groups is 2. The molecule has 2 aromatic carbocycles. The van der Waals surface area contributed by atoms with Gasteiger partial charge in [0.1, 0.15) is 11.5 Å². The Kier molecular flexibility index (Phi) is 7.87. The smallest absolute Gasteiger partial charge is 0.269 e. The molecule has 0 saturated carbocycles. The van der Waals surface area contributed by atoms with E-state index in [1.165, 1.54) is 0 Å². The van der Waals surface area contributed by atoms with Gasteiger partial charge in [-0.2, -0.15) is 0 Å². The SMILES string of the molecule is CCC(C)Oc1cccc(C(=O)NNC(=O)c2ccc(OCC(C)C)cc2)c1. The summed E-state index contributed by atoms with van der Waals surface area (Å²) in [5.41, 5.74) is 5.66. The van der Waals surface area contributed by atoms with Gasteiger partial charge in [0.15, 0.2) is 0 Å². The van der Waals surface area contributed by atoms with Crippen LogP contribution in [0.15, 0.2) is 48.5 Å². The molecule has 0 aromatic heterocycles. The maximum atomic E-state index is 12.3. The van der Waals surface area contributed by atoms with Crippen LogP contribution in [0.25, 0.3) is 0 Å². The van der Waals surface area contributed by atoms with Crippen molar-refractivity contribution in [1.29, 1.82) is 0 Å². The molecule has 0 spiro atoms. The van der Waals surface area contributed by atoms with Gasteiger partial charge < -0.3 is 9.47 Å². The van der Waals surface area contributed by atoms with Crippen molar-refractivity contribution in [3.63, 3.8) is 0 Å². The van der Waals surface area contributed by atoms with Crippen LogP contribution in [0.4, 0.5) is 0 Å². The summed E-state index contributed by atoms with van der Waals surface area (Å²) in [5, 5.41) is 0. The molecule has 1 atom stereocenters. The maximum Gasteiger partial charge on any atom is 0.269 e. The van der Waals surface area contributed by atoms with E-state index in [1.807, 2.05) is 13.8 Å². The first-order chi connectivity index (χ1) is 13.4. The van der Waals surface area contributed by atoms with Crippen molar-refractivity contribution in [2.24, 2.45) is 5.92 Å². The lowest BCUT2D eigenvalue weighted by molar-refractivity contribution is 0.0846. The Morgan fingerprint density at radius 1 is 0.893 bits per heavy atom. The number of amides is 2. The zero-order valence-electron chi connectivity index (χ0n) is 16.8. The van der Waals surface area contributed by atoms with Gasteiger partial charge >= 0.3 is 0 Å². The molecule has 0 heterocycles. The monoisotopic (exact) mass is 384 g/mol. The summed E-state index contributed by atoms with van der Waals surface area (Å²) in [7, 11) is 0. The second kappa shape index (κ2) is 10.3. The topological polar surface area (TPSA) is 76.7 Å². The third kappa shape index (κ3) is 6.61. The molecule has 2 aromatic rings. The molecular weight excluding hydrogens is 356 g/mol. The first kappa shape index (κ1) is 21.3. The van der Waals surface area contributed by atoms with E-state index in [0.717, 1.165) is 6.42 Å². The summed E-state index contributed by atoms with van der Waals surface area (Å²) >= 11 is 0. The highest BCUT2D eigenvalue weighted by Gasteiger charge is 2.11. The molecule has 0 fully saturated rings. The molecule has 0 aliphatic rings. The lowest BCUT2D eigenvalue weighted by Gasteiger charge is -2.13. The second-order valence-electron chi connectivity index (χ2n) is 7.00. The Morgan fingerprint density at radius 3 is 2.14 bits per heavy atom. The Bertz CT molecular complexity index is 787. The van der Waals surface area contributed by atoms with Crippen molar-refractivity contribution in [1.82, 2.24) is 10.9 Å². The van der Waals surface area contributed by atoms with E-state index < -0.39 is 11.8 Å². The molecule has 6 nitrogen and oxygen atoms in total. The predicted octanol–water partition coefficient (Wildman–Crippen LogP) is 3.97. The molecule has 0 aliphatic heterocycles. The van der Waals surface area contributed by atoms with E-state index in [0.29, 0.717) is 35.2 Å². The van der Waals surface area contributed by atoms with Gasteiger partial charge in [-0.15, -0.1) is 0 Å². The van der Waals surface area contributed by atoms with E-state index >= 15 is 0 Å². The first-order valence-corrected chi connectivity index (χ1v) is 9.49. The summed E-state index contributed by atoms with van der Waals surface area (Å²) in [6, 6.07) is 13.6. The number of carbonyl (C=O) groups excluding carboxylic acids is 2. The normalized spacial score (nSPS) is 11.6. The van der Waals surface area contributed by atoms with Crippen LogP contribution in [-0.2, 0) is 0 Å². The third-order valence-electron chi connectivity index (χ3n) is 4.00. The van der Waals surface area contributed by atoms with Crippen LogP contribution < -0.4 is 20.3 Å². The highest BCUT2D eigenvalue weighted by atomic mass is 16.5. The molecule has 0 saturated heterocycles. The minimum atomic E-state index is -0.417. The van der Waals surface area contributed by atoms with Gasteiger partial charge in [-0.3, -0.25) is 20.4 Å². The summed E-state index contributed by atoms with van der Waals surface area (Å²) in [6.07, 6.45) is 0.929. The highest BCUT2D eigenvalue weighted by molar-refractivity contribution is 5.99. The predicted molar refractivity (Wildman–Crippen MR) is 109 cm³/mol. The molecule has 1 unspecified atom stereocenters. The molecule has 0 aliphatic carbocycles. The standard InChI is InChI=1S/C22H28N2O4/c1-5-16(4)28-20-8-6-7-18(13-20)22(26)24-23-21(25)17-9-11-19(12-10-17)27-14-15(2)3/h6-13,15-16H,5,14H2,1-4H3,(H,23,25)(H,24,26). The molecule has 0 radical (unpaired) electrons. The van der Waals surface area contributed by atoms with Crippen LogP contribution in [0.1, 0.15) is 54.8 Å². The van der Waals surface area contributed by atoms with E-state index in [4.69, 9.17) is 9.47 Å². The molecule has 2 amide bonds. The first-order valence-electron chi connectivity index (χ1n) is 9.49. The van der Waals surface area contributed by atoms with Gasteiger partial charge in [0.25, 0.3) is 11.8 Å². The summed E-state index contributed by atoms with van der Waals surface area (Å²) < 4.78 is 11.3. The lowest BCUT2D eigenvalue weighted by Crippen LogP contribution is -2.41. The zero-order chi connectivity index (χ0) is 20.5. The van der Waals surface area contributed by atoms with Crippen LogP contribution in [-0.4, -0.2) is 24.5 Å². The van der Waals surface area contributed by atoms with Crippen molar-refractivity contribution in [3.8, 4) is 11.5 Å². The fourth-order valence-corrected chi connectivity index (χ4v) is 2.25. The van der Waals surface area contributed by atoms with E-state index in [1.54, 1.807) is 48.5 Å². The van der Waals surface area contributed by atoms with Crippen LogP contribution >= 0.6 is 0 Å². The summed E-state index contributed by atoms with van der Waals surface area (Å²) in [5.74, 6) is 0.917. The zero-order valence-corrected chi connectivity index (χ0v) is 16.8. The van der Waals surface area contributed by atoms with E-state index in [-0.39, 0.29) is 6.10 Å². The van der Waals surface area contributed by atoms with Crippen molar-refractivity contribution in [2.45, 2.75) is 40.2 Å². The highest BCUT2D eigenvalue weighted by Crippen LogP contribution is 2.16. The van der Waals surface area contributed by atoms with Crippen LogP contribution in [0.3, 0.4) is 0 Å². The fraction of sp³-hybridized carbons (Fsp3) is 0.364. The minimum absolute atomic E-state index is 0.0607. The molecule has 150 valence electrons. The van der Waals surface area contributed by atoms with E-state index in [2.05, 4.69) is 24.7 Å². The number of rotatable bonds is 8. The van der Waals surface area contributed by atoms with Crippen molar-refractivity contribution < 1.29 is 19.1 Å². The fourth-order valence-electron chi connectivity index (χ4n) is 2.25. The average molecular weight is 384 g/mol. The molecule has 6 heteroatoms. The Hall–Kier alpha value is -3.02. The van der Waals surface area contributed by atoms with Gasteiger partial charge in [-0.1, -0.05) is 26.8 Å². The molecular formula is C22H28N2O4. The van der Waals surface area contributed by atoms with Crippen molar-refractivity contribution in [3.05, 3.63) is 59.7 Å². The minimum Gasteiger partial charge on any atom is -0.493 e. The van der Waals surface area contributed by atoms with Crippen LogP contribution in [0.2, 0.25) is 0 Å². The molecule has 2 rings (SSSR count). The number of hydrazine groups is 1. The third-order valence-corrected chi connectivity index (χ3v) is 4.00. The number of ether oxygens (including phenoxy) is 2. The quantitative estimate of drug-likeness (QED) is 0.675. The number of hydrogen-bond acceptors (Lipinski definition) is 4. The van der Waals surface area contributed by atoms with Gasteiger partial charge in [-0.05, 0) is 61.7 Å². The Balaban J connectivity index is 1.90. The van der Waals surface area contributed by atoms with Crippen LogP contribution in [0, 0.1) is 5.92 Å². The second-order valence-corrected chi connectivity index (χ2v) is 7.00. The number of hydrogen-bond donors (Lipinski definition) is 2. The molecule has 28 heavy (non-hydrogen) atoms. The largest absolute Gasteiger partial charge is 0.493 e. The summed E-state index contributed by atoms with van der Waals surface area (Å²) in [6.45, 7) is 8.74. The Morgan fingerprint density at radius 2 is 1.54 bits per heavy atom. The lowest BCUT2D eigenvalue weighted by atomic mass is 10.2. The number of nitrogens with one attached hydrogen (secondary N) is 2. The molecule has 0 bridgehead atoms. The Labute approximate surface area is 166 Å². The van der Waals surface area contributed by atoms with Gasteiger partial charge in [-0.25, -0.2) is 0 Å². The average Bonchev–Trinajstić information content (AvgIpc) is 2.70.